The Morgan fingerprint density at radius 2 is 2.00 bits per heavy atom. The van der Waals surface area contributed by atoms with Crippen LogP contribution in [0.25, 0.3) is 0 Å². The van der Waals surface area contributed by atoms with Crippen LogP contribution >= 0.6 is 11.3 Å². The van der Waals surface area contributed by atoms with Crippen molar-refractivity contribution in [1.82, 2.24) is 20.5 Å². The van der Waals surface area contributed by atoms with Crippen LogP contribution in [0.1, 0.15) is 47.2 Å². The maximum Gasteiger partial charge on any atom is 0.255 e. The number of thiazole rings is 1. The first-order valence-electron chi connectivity index (χ1n) is 10.7. The highest BCUT2D eigenvalue weighted by atomic mass is 32.1. The van der Waals surface area contributed by atoms with Crippen LogP contribution in [-0.2, 0) is 22.7 Å². The van der Waals surface area contributed by atoms with E-state index in [1.165, 1.54) is 0 Å². The Morgan fingerprint density at radius 3 is 2.74 bits per heavy atom. The molecule has 8 nitrogen and oxygen atoms in total. The van der Waals surface area contributed by atoms with E-state index in [2.05, 4.69) is 26.6 Å². The van der Waals surface area contributed by atoms with E-state index >= 15 is 0 Å². The summed E-state index contributed by atoms with van der Waals surface area (Å²) >= 11 is 1.63. The number of aromatic nitrogens is 1. The number of anilines is 1. The summed E-state index contributed by atoms with van der Waals surface area (Å²) in [6.45, 7) is 3.05. The van der Waals surface area contributed by atoms with Gasteiger partial charge in [0.1, 0.15) is 6.04 Å². The number of carbonyl (C=O) groups excluding carboxylic acids is 3. The number of nitrogens with one attached hydrogen (secondary N) is 2. The highest BCUT2D eigenvalue weighted by Gasteiger charge is 2.40. The van der Waals surface area contributed by atoms with Gasteiger partial charge in [-0.15, -0.1) is 11.3 Å². The molecular weight excluding hydrogens is 414 g/mol. The van der Waals surface area contributed by atoms with Gasteiger partial charge in [-0.3, -0.25) is 19.7 Å². The van der Waals surface area contributed by atoms with Crippen molar-refractivity contribution in [3.63, 3.8) is 0 Å². The SMILES string of the molecule is O=C1CCC(N2Cc3c(CN(c4nccs4)C4CCNCC4)cccc3C2=O)C(=O)N1. The number of fused-ring (bicyclic) bond motifs is 1. The Hall–Kier alpha value is -2.78. The minimum Gasteiger partial charge on any atom is -0.341 e. The van der Waals surface area contributed by atoms with Crippen LogP contribution in [0.15, 0.2) is 29.8 Å². The van der Waals surface area contributed by atoms with Crippen molar-refractivity contribution in [2.45, 2.75) is 50.9 Å². The first-order chi connectivity index (χ1) is 15.1. The number of hydrogen-bond acceptors (Lipinski definition) is 7. The number of benzene rings is 1. The van der Waals surface area contributed by atoms with Crippen molar-refractivity contribution >= 4 is 34.2 Å². The Labute approximate surface area is 184 Å². The van der Waals surface area contributed by atoms with Gasteiger partial charge in [0.05, 0.1) is 0 Å². The maximum absolute atomic E-state index is 13.1. The molecule has 1 aromatic carbocycles. The molecule has 9 heteroatoms. The summed E-state index contributed by atoms with van der Waals surface area (Å²) in [5.41, 5.74) is 2.73. The summed E-state index contributed by atoms with van der Waals surface area (Å²) in [4.78, 5) is 45.6. The van der Waals surface area contributed by atoms with E-state index in [0.29, 0.717) is 31.1 Å². The van der Waals surface area contributed by atoms with Crippen LogP contribution in [-0.4, -0.2) is 52.8 Å². The molecule has 0 spiro atoms. The number of carbonyl (C=O) groups is 3. The lowest BCUT2D eigenvalue weighted by Gasteiger charge is -2.35. The zero-order valence-electron chi connectivity index (χ0n) is 17.2. The average Bonchev–Trinajstić information content (AvgIpc) is 3.42. The minimum atomic E-state index is -0.593. The molecule has 0 radical (unpaired) electrons. The summed E-state index contributed by atoms with van der Waals surface area (Å²) in [5.74, 6) is -0.778. The van der Waals surface area contributed by atoms with Gasteiger partial charge in [-0.2, -0.15) is 0 Å². The quantitative estimate of drug-likeness (QED) is 0.689. The molecule has 2 aromatic rings. The Kier molecular flexibility index (Phi) is 5.45. The van der Waals surface area contributed by atoms with Gasteiger partial charge in [0, 0.05) is 42.7 Å². The average molecular weight is 440 g/mol. The highest BCUT2D eigenvalue weighted by Crippen LogP contribution is 2.33. The Bertz CT molecular complexity index is 1000. The molecule has 0 aliphatic carbocycles. The number of imide groups is 1. The number of hydrogen-bond donors (Lipinski definition) is 2. The standard InChI is InChI=1S/C22H25N5O3S/c28-19-5-4-18(20(29)25-19)27-13-17-14(2-1-3-16(17)21(27)30)12-26(22-24-10-11-31-22)15-6-8-23-9-7-15/h1-3,10-11,15,18,23H,4-9,12-13H2,(H,25,28,29). The first kappa shape index (κ1) is 20.1. The number of rotatable bonds is 5. The van der Waals surface area contributed by atoms with Gasteiger partial charge < -0.3 is 15.1 Å². The zero-order valence-corrected chi connectivity index (χ0v) is 18.0. The fourth-order valence-electron chi connectivity index (χ4n) is 4.81. The monoisotopic (exact) mass is 439 g/mol. The van der Waals surface area contributed by atoms with Gasteiger partial charge in [0.25, 0.3) is 5.91 Å². The van der Waals surface area contributed by atoms with E-state index in [-0.39, 0.29) is 24.1 Å². The van der Waals surface area contributed by atoms with E-state index < -0.39 is 6.04 Å². The Balaban J connectivity index is 1.42. The lowest BCUT2D eigenvalue weighted by molar-refractivity contribution is -0.136. The van der Waals surface area contributed by atoms with E-state index in [1.54, 1.807) is 16.2 Å². The zero-order chi connectivity index (χ0) is 21.4. The van der Waals surface area contributed by atoms with Gasteiger partial charge >= 0.3 is 0 Å². The van der Waals surface area contributed by atoms with E-state index in [1.807, 2.05) is 23.7 Å². The molecule has 2 fully saturated rings. The summed E-state index contributed by atoms with van der Waals surface area (Å²) in [5, 5.41) is 8.78. The molecule has 1 atom stereocenters. The van der Waals surface area contributed by atoms with Gasteiger partial charge in [-0.1, -0.05) is 12.1 Å². The Morgan fingerprint density at radius 1 is 1.16 bits per heavy atom. The molecule has 3 amide bonds. The number of piperidine rings is 2. The molecule has 1 aromatic heterocycles. The topological polar surface area (TPSA) is 94.6 Å². The van der Waals surface area contributed by atoms with Crippen molar-refractivity contribution in [2.75, 3.05) is 18.0 Å². The predicted octanol–water partition coefficient (Wildman–Crippen LogP) is 1.66. The van der Waals surface area contributed by atoms with Crippen LogP contribution in [0.5, 0.6) is 0 Å². The van der Waals surface area contributed by atoms with Gasteiger partial charge in [0.2, 0.25) is 11.8 Å². The highest BCUT2D eigenvalue weighted by molar-refractivity contribution is 7.13. The lowest BCUT2D eigenvalue weighted by Crippen LogP contribution is -2.52. The maximum atomic E-state index is 13.1. The van der Waals surface area contributed by atoms with Crippen molar-refractivity contribution in [1.29, 1.82) is 0 Å². The van der Waals surface area contributed by atoms with Crippen LogP contribution in [0.2, 0.25) is 0 Å². The molecule has 3 aliphatic heterocycles. The molecule has 2 N–H and O–H groups in total. The second-order valence-corrected chi connectivity index (χ2v) is 9.14. The predicted molar refractivity (Wildman–Crippen MR) is 117 cm³/mol. The summed E-state index contributed by atoms with van der Waals surface area (Å²) < 4.78 is 0. The second kappa shape index (κ2) is 8.39. The third-order valence-corrected chi connectivity index (χ3v) is 7.24. The van der Waals surface area contributed by atoms with Crippen LogP contribution in [0.3, 0.4) is 0 Å². The fraction of sp³-hybridized carbons (Fsp3) is 0.455. The van der Waals surface area contributed by atoms with Crippen molar-refractivity contribution in [3.05, 3.63) is 46.5 Å². The molecule has 1 unspecified atom stereocenters. The molecule has 0 saturated carbocycles. The molecule has 5 rings (SSSR count). The van der Waals surface area contributed by atoms with E-state index in [4.69, 9.17) is 0 Å². The lowest BCUT2D eigenvalue weighted by atomic mass is 10.0. The van der Waals surface area contributed by atoms with Gasteiger partial charge in [0.15, 0.2) is 5.13 Å². The number of nitrogens with zero attached hydrogens (tertiary/aromatic N) is 3. The number of amides is 3. The first-order valence-corrected chi connectivity index (χ1v) is 11.6. The van der Waals surface area contributed by atoms with Crippen molar-refractivity contribution in [3.8, 4) is 0 Å². The molecule has 31 heavy (non-hydrogen) atoms. The van der Waals surface area contributed by atoms with Crippen LogP contribution < -0.4 is 15.5 Å². The molecular formula is C22H25N5O3S. The van der Waals surface area contributed by atoms with Gasteiger partial charge in [-0.25, -0.2) is 4.98 Å². The molecule has 162 valence electrons. The summed E-state index contributed by atoms with van der Waals surface area (Å²) in [6.07, 6.45) is 4.57. The fourth-order valence-corrected chi connectivity index (χ4v) is 5.52. The van der Waals surface area contributed by atoms with E-state index in [0.717, 1.165) is 42.2 Å². The van der Waals surface area contributed by atoms with Gasteiger partial charge in [-0.05, 0) is 49.5 Å². The normalized spacial score (nSPS) is 21.9. The minimum absolute atomic E-state index is 0.131. The second-order valence-electron chi connectivity index (χ2n) is 8.27. The van der Waals surface area contributed by atoms with Crippen molar-refractivity contribution in [2.24, 2.45) is 0 Å². The molecule has 3 aliphatic rings. The molecule has 4 heterocycles. The summed E-state index contributed by atoms with van der Waals surface area (Å²) in [7, 11) is 0. The van der Waals surface area contributed by atoms with Crippen LogP contribution in [0.4, 0.5) is 5.13 Å². The largest absolute Gasteiger partial charge is 0.341 e. The molecule has 0 bridgehead atoms. The van der Waals surface area contributed by atoms with E-state index in [9.17, 15) is 14.4 Å². The smallest absolute Gasteiger partial charge is 0.255 e. The molecule has 2 saturated heterocycles. The third-order valence-electron chi connectivity index (χ3n) is 6.43. The van der Waals surface area contributed by atoms with Crippen molar-refractivity contribution < 1.29 is 14.4 Å². The third kappa shape index (κ3) is 3.83. The summed E-state index contributed by atoms with van der Waals surface area (Å²) in [6, 6.07) is 5.63. The van der Waals surface area contributed by atoms with Crippen LogP contribution in [0, 0.1) is 0 Å².